The highest BCUT2D eigenvalue weighted by molar-refractivity contribution is 5.93. The maximum atomic E-state index is 13.0. The van der Waals surface area contributed by atoms with Gasteiger partial charge in [-0.2, -0.15) is 13.2 Å². The summed E-state index contributed by atoms with van der Waals surface area (Å²) in [5.41, 5.74) is 5.10. The third kappa shape index (κ3) is 4.16. The number of nitrogens with zero attached hydrogens (tertiary/aromatic N) is 1. The van der Waals surface area contributed by atoms with Gasteiger partial charge in [0.25, 0.3) is 5.92 Å². The summed E-state index contributed by atoms with van der Waals surface area (Å²) in [5.74, 6) is -7.44. The quantitative estimate of drug-likeness (QED) is 0.345. The van der Waals surface area contributed by atoms with Gasteiger partial charge in [-0.1, -0.05) is 0 Å². The van der Waals surface area contributed by atoms with Crippen LogP contribution in [0, 0.1) is 0 Å². The molecule has 0 unspecified atom stereocenters. The van der Waals surface area contributed by atoms with Crippen LogP contribution in [0.3, 0.4) is 0 Å². The Morgan fingerprint density at radius 1 is 1.37 bits per heavy atom. The van der Waals surface area contributed by atoms with Crippen molar-refractivity contribution in [3.05, 3.63) is 12.3 Å². The van der Waals surface area contributed by atoms with Crippen molar-refractivity contribution in [2.45, 2.75) is 18.1 Å². The van der Waals surface area contributed by atoms with Crippen LogP contribution in [0.25, 0.3) is 0 Å². The molecule has 1 heterocycles. The molecule has 5 nitrogen and oxygen atoms in total. The second-order valence-corrected chi connectivity index (χ2v) is 3.82. The van der Waals surface area contributed by atoms with Gasteiger partial charge in [0, 0.05) is 18.8 Å². The SMILES string of the molecule is N[C@@H]1CN(C=CC(=O)OC(=O)C(F)(F)F)CC1(F)F. The van der Waals surface area contributed by atoms with E-state index < -0.39 is 36.6 Å². The van der Waals surface area contributed by atoms with Crippen molar-refractivity contribution >= 4 is 11.9 Å². The minimum atomic E-state index is -5.30. The van der Waals surface area contributed by atoms with Gasteiger partial charge in [-0.15, -0.1) is 0 Å². The van der Waals surface area contributed by atoms with Crippen LogP contribution in [0.2, 0.25) is 0 Å². The van der Waals surface area contributed by atoms with Gasteiger partial charge in [0.05, 0.1) is 12.6 Å². The lowest BCUT2D eigenvalue weighted by molar-refractivity contribution is -0.200. The molecule has 1 fully saturated rings. The number of hydrogen-bond acceptors (Lipinski definition) is 5. The molecule has 2 N–H and O–H groups in total. The molecule has 1 aliphatic rings. The number of carbonyl (C=O) groups excluding carboxylic acids is 2. The van der Waals surface area contributed by atoms with E-state index in [1.165, 1.54) is 0 Å². The maximum Gasteiger partial charge on any atom is 0.491 e. The number of carbonyl (C=O) groups is 2. The normalized spacial score (nSPS) is 22.8. The van der Waals surface area contributed by atoms with Crippen molar-refractivity contribution in [2.24, 2.45) is 5.73 Å². The lowest BCUT2D eigenvalue weighted by Crippen LogP contribution is -2.38. The van der Waals surface area contributed by atoms with E-state index in [0.29, 0.717) is 6.08 Å². The highest BCUT2D eigenvalue weighted by atomic mass is 19.4. The molecule has 1 aliphatic heterocycles. The molecule has 1 atom stereocenters. The summed E-state index contributed by atoms with van der Waals surface area (Å²) in [6.45, 7) is -1.05. The van der Waals surface area contributed by atoms with Crippen LogP contribution in [-0.4, -0.2) is 48.1 Å². The smallest absolute Gasteiger partial charge is 0.383 e. The molecule has 0 amide bonds. The predicted octanol–water partition coefficient (Wildman–Crippen LogP) is 0.410. The van der Waals surface area contributed by atoms with Crippen molar-refractivity contribution in [1.82, 2.24) is 4.90 Å². The largest absolute Gasteiger partial charge is 0.491 e. The second kappa shape index (κ2) is 5.11. The van der Waals surface area contributed by atoms with Crippen LogP contribution in [0.4, 0.5) is 22.0 Å². The van der Waals surface area contributed by atoms with E-state index in [2.05, 4.69) is 4.74 Å². The van der Waals surface area contributed by atoms with Crippen LogP contribution < -0.4 is 5.73 Å². The molecule has 0 saturated carbocycles. The summed E-state index contributed by atoms with van der Waals surface area (Å²) in [6.07, 6.45) is -4.06. The summed E-state index contributed by atoms with van der Waals surface area (Å²) in [6, 6.07) is -1.44. The van der Waals surface area contributed by atoms with Crippen LogP contribution in [0.5, 0.6) is 0 Å². The highest BCUT2D eigenvalue weighted by Gasteiger charge is 2.45. The molecule has 10 heteroatoms. The molecule has 0 radical (unpaired) electrons. The second-order valence-electron chi connectivity index (χ2n) is 3.82. The van der Waals surface area contributed by atoms with Crippen molar-refractivity contribution in [1.29, 1.82) is 0 Å². The van der Waals surface area contributed by atoms with E-state index in [-0.39, 0.29) is 6.54 Å². The third-order valence-corrected chi connectivity index (χ3v) is 2.23. The Morgan fingerprint density at radius 3 is 2.37 bits per heavy atom. The van der Waals surface area contributed by atoms with Gasteiger partial charge in [0.15, 0.2) is 0 Å². The van der Waals surface area contributed by atoms with Crippen molar-refractivity contribution in [3.63, 3.8) is 0 Å². The molecule has 19 heavy (non-hydrogen) atoms. The van der Waals surface area contributed by atoms with Crippen LogP contribution in [0.15, 0.2) is 12.3 Å². The Bertz CT molecular complexity index is 407. The van der Waals surface area contributed by atoms with Gasteiger partial charge in [0.2, 0.25) is 0 Å². The predicted molar refractivity (Wildman–Crippen MR) is 50.8 cm³/mol. The van der Waals surface area contributed by atoms with Gasteiger partial charge >= 0.3 is 18.1 Å². The molecule has 0 aromatic heterocycles. The average Bonchev–Trinajstić information content (AvgIpc) is 2.48. The van der Waals surface area contributed by atoms with Crippen LogP contribution in [-0.2, 0) is 14.3 Å². The van der Waals surface area contributed by atoms with Crippen LogP contribution in [0.1, 0.15) is 0 Å². The molecule has 0 aromatic carbocycles. The molecular formula is C9H9F5N2O3. The Morgan fingerprint density at radius 2 is 1.95 bits per heavy atom. The molecule has 1 saturated heterocycles. The first-order chi connectivity index (χ1) is 8.52. The number of nitrogens with two attached hydrogens (primary N) is 1. The number of hydrogen-bond donors (Lipinski definition) is 1. The van der Waals surface area contributed by atoms with E-state index in [1.54, 1.807) is 0 Å². The Hall–Kier alpha value is -1.71. The maximum absolute atomic E-state index is 13.0. The minimum Gasteiger partial charge on any atom is -0.383 e. The van der Waals surface area contributed by atoms with Crippen molar-refractivity contribution < 1.29 is 36.3 Å². The Labute approximate surface area is 103 Å². The standard InChI is InChI=1S/C9H9F5N2O3/c10-8(11)4-16(3-5(8)15)2-1-6(17)19-7(18)9(12,13)14/h1-2,5H,3-4,15H2/t5-/m1/s1. The number of rotatable bonds is 2. The topological polar surface area (TPSA) is 72.6 Å². The minimum absolute atomic E-state index is 0.274. The Balaban J connectivity index is 2.50. The van der Waals surface area contributed by atoms with E-state index in [1.807, 2.05) is 0 Å². The molecule has 108 valence electrons. The van der Waals surface area contributed by atoms with E-state index in [4.69, 9.17) is 5.73 Å². The number of ether oxygens (including phenoxy) is 1. The first kappa shape index (κ1) is 15.3. The van der Waals surface area contributed by atoms with Gasteiger partial charge in [0.1, 0.15) is 0 Å². The fraction of sp³-hybridized carbons (Fsp3) is 0.556. The number of alkyl halides is 5. The van der Waals surface area contributed by atoms with Crippen molar-refractivity contribution in [2.75, 3.05) is 13.1 Å². The summed E-state index contributed by atoms with van der Waals surface area (Å²) in [5, 5.41) is 0. The summed E-state index contributed by atoms with van der Waals surface area (Å²) < 4.78 is 64.5. The fourth-order valence-corrected chi connectivity index (χ4v) is 1.30. The molecule has 0 spiro atoms. The van der Waals surface area contributed by atoms with Gasteiger partial charge in [-0.25, -0.2) is 18.4 Å². The molecule has 0 aromatic rings. The van der Waals surface area contributed by atoms with Gasteiger partial charge in [-0.05, 0) is 0 Å². The lowest BCUT2D eigenvalue weighted by Gasteiger charge is -2.12. The third-order valence-electron chi connectivity index (χ3n) is 2.23. The number of likely N-dealkylation sites (tertiary alicyclic amines) is 1. The van der Waals surface area contributed by atoms with E-state index >= 15 is 0 Å². The summed E-state index contributed by atoms with van der Waals surface area (Å²) in [4.78, 5) is 22.0. The number of halogens is 5. The number of esters is 2. The molecule has 1 rings (SSSR count). The molecule has 0 bridgehead atoms. The summed E-state index contributed by atoms with van der Waals surface area (Å²) >= 11 is 0. The first-order valence-corrected chi connectivity index (χ1v) is 4.91. The highest BCUT2D eigenvalue weighted by Crippen LogP contribution is 2.26. The zero-order valence-electron chi connectivity index (χ0n) is 9.29. The van der Waals surface area contributed by atoms with E-state index in [9.17, 15) is 31.5 Å². The summed E-state index contributed by atoms with van der Waals surface area (Å²) in [7, 11) is 0. The van der Waals surface area contributed by atoms with Gasteiger partial charge in [-0.3, -0.25) is 0 Å². The lowest BCUT2D eigenvalue weighted by atomic mass is 10.2. The molecular weight excluding hydrogens is 279 g/mol. The fourth-order valence-electron chi connectivity index (χ4n) is 1.30. The first-order valence-electron chi connectivity index (χ1n) is 4.91. The monoisotopic (exact) mass is 288 g/mol. The van der Waals surface area contributed by atoms with Gasteiger partial charge < -0.3 is 15.4 Å². The van der Waals surface area contributed by atoms with E-state index in [0.717, 1.165) is 11.1 Å². The average molecular weight is 288 g/mol. The zero-order valence-corrected chi connectivity index (χ0v) is 9.29. The zero-order chi connectivity index (χ0) is 14.8. The molecule has 0 aliphatic carbocycles. The Kier molecular flexibility index (Phi) is 4.13. The van der Waals surface area contributed by atoms with Crippen molar-refractivity contribution in [3.8, 4) is 0 Å². The van der Waals surface area contributed by atoms with Crippen LogP contribution >= 0.6 is 0 Å².